The summed E-state index contributed by atoms with van der Waals surface area (Å²) in [6.07, 6.45) is 5.42. The zero-order valence-corrected chi connectivity index (χ0v) is 14.6. The largest absolute Gasteiger partial charge is 0.338 e. The molecule has 1 amide bonds. The van der Waals surface area contributed by atoms with Crippen LogP contribution >= 0.6 is 34.5 Å². The number of aryl methyl sites for hydroxylation is 1. The van der Waals surface area contributed by atoms with Crippen LogP contribution in [-0.2, 0) is 11.2 Å². The maximum Gasteiger partial charge on any atom is 0.222 e. The lowest BCUT2D eigenvalue weighted by Crippen LogP contribution is -2.51. The molecular formula is C15H22Cl2N2OS. The minimum atomic E-state index is 0.0411. The lowest BCUT2D eigenvalue weighted by Gasteiger charge is -2.38. The van der Waals surface area contributed by atoms with Crippen LogP contribution in [0, 0.1) is 0 Å². The summed E-state index contributed by atoms with van der Waals surface area (Å²) in [5, 5.41) is 0. The molecule has 1 aromatic rings. The maximum atomic E-state index is 12.4. The number of rotatable bonds is 5. The first-order valence-corrected chi connectivity index (χ1v) is 9.05. The van der Waals surface area contributed by atoms with Crippen molar-refractivity contribution in [2.24, 2.45) is 5.73 Å². The molecule has 2 atom stereocenters. The first kappa shape index (κ1) is 17.1. The fourth-order valence-corrected chi connectivity index (χ4v) is 4.48. The highest BCUT2D eigenvalue weighted by Gasteiger charge is 2.28. The van der Waals surface area contributed by atoms with Crippen LogP contribution in [-0.4, -0.2) is 29.4 Å². The van der Waals surface area contributed by atoms with Gasteiger partial charge in [-0.3, -0.25) is 4.79 Å². The van der Waals surface area contributed by atoms with Crippen LogP contribution in [0.4, 0.5) is 0 Å². The number of carbonyl (C=O) groups is 1. The number of thiophene rings is 1. The molecule has 1 aromatic heterocycles. The molecule has 6 heteroatoms. The quantitative estimate of drug-likeness (QED) is 0.870. The summed E-state index contributed by atoms with van der Waals surface area (Å²) in [6, 6.07) is 2.13. The van der Waals surface area contributed by atoms with E-state index in [2.05, 4.69) is 0 Å². The Kier molecular flexibility index (Phi) is 6.35. The van der Waals surface area contributed by atoms with Crippen molar-refractivity contribution in [2.45, 2.75) is 57.5 Å². The van der Waals surface area contributed by atoms with Gasteiger partial charge in [0.15, 0.2) is 0 Å². The normalized spacial score (nSPS) is 20.6. The molecule has 1 fully saturated rings. The van der Waals surface area contributed by atoms with E-state index in [-0.39, 0.29) is 18.0 Å². The van der Waals surface area contributed by atoms with Crippen molar-refractivity contribution in [1.82, 2.24) is 4.90 Å². The lowest BCUT2D eigenvalue weighted by molar-refractivity contribution is -0.135. The third-order valence-corrected chi connectivity index (χ3v) is 5.61. The Bertz CT molecular complexity index is 490. The predicted molar refractivity (Wildman–Crippen MR) is 90.3 cm³/mol. The molecular weight excluding hydrogens is 327 g/mol. The smallest absolute Gasteiger partial charge is 0.222 e. The van der Waals surface area contributed by atoms with Crippen molar-refractivity contribution in [3.8, 4) is 0 Å². The fraction of sp³-hybridized carbons (Fsp3) is 0.667. The van der Waals surface area contributed by atoms with Crippen molar-refractivity contribution >= 4 is 40.4 Å². The highest BCUT2D eigenvalue weighted by atomic mass is 35.5. The zero-order valence-electron chi connectivity index (χ0n) is 12.3. The number of nitrogens with zero attached hydrogens (tertiary/aromatic N) is 1. The molecule has 1 aliphatic rings. The van der Waals surface area contributed by atoms with E-state index in [9.17, 15) is 4.79 Å². The number of hydrogen-bond donors (Lipinski definition) is 1. The van der Waals surface area contributed by atoms with Crippen LogP contribution in [0.2, 0.25) is 8.67 Å². The summed E-state index contributed by atoms with van der Waals surface area (Å²) in [7, 11) is 0. The van der Waals surface area contributed by atoms with E-state index in [1.165, 1.54) is 17.8 Å². The van der Waals surface area contributed by atoms with E-state index in [4.69, 9.17) is 28.9 Å². The molecule has 2 rings (SSSR count). The average molecular weight is 349 g/mol. The Balaban J connectivity index is 1.84. The molecule has 2 unspecified atom stereocenters. The van der Waals surface area contributed by atoms with Crippen molar-refractivity contribution in [2.75, 3.05) is 6.54 Å². The zero-order chi connectivity index (χ0) is 15.4. The molecule has 3 nitrogen and oxygen atoms in total. The second-order valence-electron chi connectivity index (χ2n) is 5.71. The van der Waals surface area contributed by atoms with Crippen LogP contribution in [0.5, 0.6) is 0 Å². The molecule has 0 spiro atoms. The van der Waals surface area contributed by atoms with Crippen LogP contribution in [0.15, 0.2) is 6.07 Å². The third kappa shape index (κ3) is 4.59. The van der Waals surface area contributed by atoms with Crippen molar-refractivity contribution < 1.29 is 4.79 Å². The summed E-state index contributed by atoms with van der Waals surface area (Å²) in [6.45, 7) is 2.83. The summed E-state index contributed by atoms with van der Waals surface area (Å²) < 4.78 is 1.44. The molecule has 0 radical (unpaired) electrons. The van der Waals surface area contributed by atoms with Gasteiger partial charge in [0.2, 0.25) is 5.91 Å². The molecule has 21 heavy (non-hydrogen) atoms. The van der Waals surface area contributed by atoms with Gasteiger partial charge in [0.1, 0.15) is 0 Å². The topological polar surface area (TPSA) is 46.3 Å². The van der Waals surface area contributed by atoms with Gasteiger partial charge in [-0.25, -0.2) is 0 Å². The van der Waals surface area contributed by atoms with E-state index >= 15 is 0 Å². The second-order valence-corrected chi connectivity index (χ2v) is 8.00. The molecule has 1 aliphatic heterocycles. The van der Waals surface area contributed by atoms with Gasteiger partial charge in [-0.05, 0) is 50.7 Å². The second kappa shape index (κ2) is 7.82. The molecule has 0 bridgehead atoms. The lowest BCUT2D eigenvalue weighted by atomic mass is 9.96. The van der Waals surface area contributed by atoms with Gasteiger partial charge in [-0.15, -0.1) is 11.3 Å². The van der Waals surface area contributed by atoms with Gasteiger partial charge in [0.05, 0.1) is 8.67 Å². The summed E-state index contributed by atoms with van der Waals surface area (Å²) in [5.41, 5.74) is 7.06. The minimum Gasteiger partial charge on any atom is -0.338 e. The van der Waals surface area contributed by atoms with Crippen LogP contribution in [0.1, 0.15) is 44.6 Å². The third-order valence-electron chi connectivity index (χ3n) is 4.04. The molecule has 2 heterocycles. The number of amides is 1. The van der Waals surface area contributed by atoms with Gasteiger partial charge in [-0.2, -0.15) is 0 Å². The summed E-state index contributed by atoms with van der Waals surface area (Å²) in [5.74, 6) is 0.217. The Morgan fingerprint density at radius 1 is 1.52 bits per heavy atom. The van der Waals surface area contributed by atoms with Crippen molar-refractivity contribution in [1.29, 1.82) is 0 Å². The fourth-order valence-electron chi connectivity index (χ4n) is 2.93. The first-order valence-electron chi connectivity index (χ1n) is 7.48. The number of carbonyl (C=O) groups excluding carboxylic acids is 1. The van der Waals surface area contributed by atoms with Gasteiger partial charge in [0.25, 0.3) is 0 Å². The van der Waals surface area contributed by atoms with Crippen LogP contribution in [0.3, 0.4) is 0 Å². The highest BCUT2D eigenvalue weighted by molar-refractivity contribution is 7.20. The van der Waals surface area contributed by atoms with E-state index in [1.54, 1.807) is 0 Å². The molecule has 2 N–H and O–H groups in total. The minimum absolute atomic E-state index is 0.0411. The Labute approximate surface area is 140 Å². The van der Waals surface area contributed by atoms with Gasteiger partial charge in [0, 0.05) is 25.0 Å². The van der Waals surface area contributed by atoms with Gasteiger partial charge < -0.3 is 10.6 Å². The standard InChI is InChI=1S/C15H22Cl2N2OS/c1-10(18)12-6-2-3-8-19(12)14(20)7-4-5-11-9-13(16)21-15(11)17/h9-10,12H,2-8,18H2,1H3. The van der Waals surface area contributed by atoms with Crippen LogP contribution in [0.25, 0.3) is 0 Å². The number of piperidine rings is 1. The highest BCUT2D eigenvalue weighted by Crippen LogP contribution is 2.32. The van der Waals surface area contributed by atoms with Crippen molar-refractivity contribution in [3.05, 3.63) is 20.3 Å². The molecule has 0 aliphatic carbocycles. The number of likely N-dealkylation sites (tertiary alicyclic amines) is 1. The van der Waals surface area contributed by atoms with Crippen LogP contribution < -0.4 is 5.73 Å². The van der Waals surface area contributed by atoms with E-state index in [0.717, 1.165) is 42.1 Å². The number of nitrogens with two attached hydrogens (primary N) is 1. The molecule has 118 valence electrons. The number of hydrogen-bond acceptors (Lipinski definition) is 3. The maximum absolute atomic E-state index is 12.4. The van der Waals surface area contributed by atoms with Crippen molar-refractivity contribution in [3.63, 3.8) is 0 Å². The van der Waals surface area contributed by atoms with E-state index < -0.39 is 0 Å². The van der Waals surface area contributed by atoms with E-state index in [0.29, 0.717) is 10.8 Å². The Hall–Kier alpha value is -0.290. The first-order chi connectivity index (χ1) is 9.99. The summed E-state index contributed by atoms with van der Waals surface area (Å²) >= 11 is 13.4. The Morgan fingerprint density at radius 2 is 2.29 bits per heavy atom. The summed E-state index contributed by atoms with van der Waals surface area (Å²) in [4.78, 5) is 14.4. The van der Waals surface area contributed by atoms with E-state index in [1.807, 2.05) is 17.9 Å². The Morgan fingerprint density at radius 3 is 2.90 bits per heavy atom. The van der Waals surface area contributed by atoms with Gasteiger partial charge >= 0.3 is 0 Å². The molecule has 1 saturated heterocycles. The molecule has 0 aromatic carbocycles. The number of halogens is 2. The predicted octanol–water partition coefficient (Wildman–Crippen LogP) is 4.11. The average Bonchev–Trinajstić information content (AvgIpc) is 2.77. The van der Waals surface area contributed by atoms with Gasteiger partial charge in [-0.1, -0.05) is 23.2 Å². The monoisotopic (exact) mass is 348 g/mol. The SMILES string of the molecule is CC(N)C1CCCCN1C(=O)CCCc1cc(Cl)sc1Cl. The molecule has 0 saturated carbocycles.